The zero-order chi connectivity index (χ0) is 19.3. The van der Waals surface area contributed by atoms with E-state index in [9.17, 15) is 0 Å². The minimum Gasteiger partial charge on any atom is -0.375 e. The summed E-state index contributed by atoms with van der Waals surface area (Å²) in [7, 11) is 0. The highest BCUT2D eigenvalue weighted by atomic mass is 16.7. The Hall–Kier alpha value is -0.160. The van der Waals surface area contributed by atoms with Gasteiger partial charge in [-0.15, -0.1) is 0 Å². The monoisotopic (exact) mass is 372 g/mol. The Kier molecular flexibility index (Phi) is 12.8. The van der Waals surface area contributed by atoms with Gasteiger partial charge in [0.15, 0.2) is 5.79 Å². The molecule has 26 heavy (non-hydrogen) atoms. The number of hydrogen-bond donors (Lipinski definition) is 0. The summed E-state index contributed by atoms with van der Waals surface area (Å²) in [5.41, 5.74) is 0. The molecule has 4 heteroatoms. The minimum absolute atomic E-state index is 0.367. The lowest BCUT2D eigenvalue weighted by molar-refractivity contribution is -0.267. The molecule has 0 spiro atoms. The molecule has 1 rings (SSSR count). The maximum atomic E-state index is 6.16. The Balaban J connectivity index is 2.46. The number of hydrogen-bond acceptors (Lipinski definition) is 4. The number of ether oxygens (including phenoxy) is 4. The fourth-order valence-electron chi connectivity index (χ4n) is 3.99. The first-order chi connectivity index (χ1) is 12.7. The summed E-state index contributed by atoms with van der Waals surface area (Å²) in [6.07, 6.45) is 11.1. The molecule has 3 unspecified atom stereocenters. The van der Waals surface area contributed by atoms with Gasteiger partial charge in [0.2, 0.25) is 0 Å². The molecule has 1 fully saturated rings. The zero-order valence-electron chi connectivity index (χ0n) is 18.1. The van der Waals surface area contributed by atoms with Gasteiger partial charge in [0.1, 0.15) is 6.10 Å². The van der Waals surface area contributed by atoms with Gasteiger partial charge >= 0.3 is 0 Å². The average molecular weight is 373 g/mol. The third-order valence-electron chi connectivity index (χ3n) is 5.39. The van der Waals surface area contributed by atoms with Gasteiger partial charge in [-0.25, -0.2) is 0 Å². The molecule has 3 atom stereocenters. The second kappa shape index (κ2) is 13.9. The summed E-state index contributed by atoms with van der Waals surface area (Å²) in [5.74, 6) is 0.0742. The Morgan fingerprint density at radius 1 is 0.885 bits per heavy atom. The first-order valence-corrected chi connectivity index (χ1v) is 11.2. The highest BCUT2D eigenvalue weighted by Gasteiger charge is 2.37. The van der Waals surface area contributed by atoms with Crippen molar-refractivity contribution < 1.29 is 18.9 Å². The average Bonchev–Trinajstić information content (AvgIpc) is 3.46. The molecule has 0 aromatic heterocycles. The second-order valence-electron chi connectivity index (χ2n) is 7.50. The van der Waals surface area contributed by atoms with Gasteiger partial charge in [-0.3, -0.25) is 0 Å². The van der Waals surface area contributed by atoms with Crippen molar-refractivity contribution in [2.24, 2.45) is 5.92 Å². The van der Waals surface area contributed by atoms with Gasteiger partial charge in [0.25, 0.3) is 0 Å². The van der Waals surface area contributed by atoms with Crippen molar-refractivity contribution in [3.05, 3.63) is 0 Å². The van der Waals surface area contributed by atoms with E-state index in [1.165, 1.54) is 38.5 Å². The van der Waals surface area contributed by atoms with Crippen LogP contribution in [0.5, 0.6) is 0 Å². The Bertz CT molecular complexity index is 324. The Morgan fingerprint density at radius 3 is 2.00 bits per heavy atom. The second-order valence-corrected chi connectivity index (χ2v) is 7.50. The van der Waals surface area contributed by atoms with Crippen molar-refractivity contribution in [1.82, 2.24) is 0 Å². The largest absolute Gasteiger partial charge is 0.375 e. The molecule has 1 saturated heterocycles. The van der Waals surface area contributed by atoms with Gasteiger partial charge in [0, 0.05) is 19.1 Å². The first-order valence-electron chi connectivity index (χ1n) is 11.2. The van der Waals surface area contributed by atoms with Crippen LogP contribution in [0.15, 0.2) is 0 Å². The molecule has 0 aliphatic carbocycles. The van der Waals surface area contributed by atoms with E-state index in [4.69, 9.17) is 18.9 Å². The van der Waals surface area contributed by atoms with E-state index < -0.39 is 5.79 Å². The van der Waals surface area contributed by atoms with Crippen LogP contribution >= 0.6 is 0 Å². The molecular weight excluding hydrogens is 328 g/mol. The van der Waals surface area contributed by atoms with E-state index >= 15 is 0 Å². The van der Waals surface area contributed by atoms with Crippen LogP contribution in [0.2, 0.25) is 0 Å². The maximum absolute atomic E-state index is 6.16. The van der Waals surface area contributed by atoms with Crippen molar-refractivity contribution in [2.45, 2.75) is 110 Å². The van der Waals surface area contributed by atoms with Crippen LogP contribution in [0.25, 0.3) is 0 Å². The van der Waals surface area contributed by atoms with Crippen molar-refractivity contribution in [2.75, 3.05) is 26.4 Å². The fraction of sp³-hybridized carbons (Fsp3) is 1.00. The van der Waals surface area contributed by atoms with Crippen molar-refractivity contribution in [3.8, 4) is 0 Å². The Morgan fingerprint density at radius 2 is 1.50 bits per heavy atom. The first kappa shape index (κ1) is 23.9. The summed E-state index contributed by atoms with van der Waals surface area (Å²) in [6, 6.07) is 0. The molecule has 0 amide bonds. The predicted octanol–water partition coefficient (Wildman–Crippen LogP) is 5.73. The van der Waals surface area contributed by atoms with Crippen LogP contribution in [0.1, 0.15) is 92.4 Å². The molecule has 0 saturated carbocycles. The lowest BCUT2D eigenvalue weighted by Gasteiger charge is -2.39. The number of rotatable bonds is 18. The van der Waals surface area contributed by atoms with E-state index in [0.717, 1.165) is 32.5 Å². The molecule has 0 aromatic carbocycles. The SMILES string of the molecule is CCCC(CCCCC(CCC)C(CC)(OCC)OCC)OCC1CO1. The third-order valence-corrected chi connectivity index (χ3v) is 5.39. The Labute approximate surface area is 162 Å². The molecular formula is C22H44O4. The molecule has 0 aromatic rings. The van der Waals surface area contributed by atoms with Crippen LogP contribution < -0.4 is 0 Å². The molecule has 0 bridgehead atoms. The van der Waals surface area contributed by atoms with Crippen LogP contribution in [-0.4, -0.2) is 44.4 Å². The smallest absolute Gasteiger partial charge is 0.170 e. The van der Waals surface area contributed by atoms with E-state index in [2.05, 4.69) is 34.6 Å². The normalized spacial score (nSPS) is 19.5. The molecule has 1 heterocycles. The van der Waals surface area contributed by atoms with Crippen molar-refractivity contribution in [1.29, 1.82) is 0 Å². The van der Waals surface area contributed by atoms with Crippen molar-refractivity contribution in [3.63, 3.8) is 0 Å². The summed E-state index contributed by atoms with van der Waals surface area (Å²) >= 11 is 0. The third kappa shape index (κ3) is 8.69. The lowest BCUT2D eigenvalue weighted by Crippen LogP contribution is -2.43. The number of unbranched alkanes of at least 4 members (excludes halogenated alkanes) is 1. The summed E-state index contributed by atoms with van der Waals surface area (Å²) in [6.45, 7) is 13.9. The molecule has 1 aliphatic rings. The predicted molar refractivity (Wildman–Crippen MR) is 108 cm³/mol. The topological polar surface area (TPSA) is 40.2 Å². The summed E-state index contributed by atoms with van der Waals surface area (Å²) in [4.78, 5) is 0. The van der Waals surface area contributed by atoms with Crippen LogP contribution in [0.3, 0.4) is 0 Å². The molecule has 0 N–H and O–H groups in total. The fourth-order valence-corrected chi connectivity index (χ4v) is 3.99. The molecule has 156 valence electrons. The van der Waals surface area contributed by atoms with Crippen LogP contribution in [0, 0.1) is 5.92 Å². The van der Waals surface area contributed by atoms with E-state index in [0.29, 0.717) is 31.3 Å². The van der Waals surface area contributed by atoms with Gasteiger partial charge in [0.05, 0.1) is 19.3 Å². The summed E-state index contributed by atoms with van der Waals surface area (Å²) in [5, 5.41) is 0. The molecule has 1 aliphatic heterocycles. The number of epoxide rings is 1. The quantitative estimate of drug-likeness (QED) is 0.175. The molecule has 0 radical (unpaired) electrons. The minimum atomic E-state index is -0.401. The highest BCUT2D eigenvalue weighted by molar-refractivity contribution is 4.79. The maximum Gasteiger partial charge on any atom is 0.170 e. The van der Waals surface area contributed by atoms with E-state index in [-0.39, 0.29) is 0 Å². The van der Waals surface area contributed by atoms with Gasteiger partial charge in [-0.1, -0.05) is 46.5 Å². The highest BCUT2D eigenvalue weighted by Crippen LogP contribution is 2.35. The zero-order valence-corrected chi connectivity index (χ0v) is 18.1. The lowest BCUT2D eigenvalue weighted by atomic mass is 9.86. The van der Waals surface area contributed by atoms with Crippen LogP contribution in [0.4, 0.5) is 0 Å². The molecule has 4 nitrogen and oxygen atoms in total. The van der Waals surface area contributed by atoms with Gasteiger partial charge in [-0.2, -0.15) is 0 Å². The van der Waals surface area contributed by atoms with Crippen molar-refractivity contribution >= 4 is 0 Å². The standard InChI is InChI=1S/C22H44O4/c1-6-13-19(22(8-3,25-9-4)26-10-5)15-11-12-16-20(14-7-2)23-17-21-18-24-21/h19-21H,6-18H2,1-5H3. The summed E-state index contributed by atoms with van der Waals surface area (Å²) < 4.78 is 23.6. The van der Waals surface area contributed by atoms with E-state index in [1.54, 1.807) is 0 Å². The van der Waals surface area contributed by atoms with E-state index in [1.807, 2.05) is 0 Å². The van der Waals surface area contributed by atoms with Crippen LogP contribution in [-0.2, 0) is 18.9 Å². The van der Waals surface area contributed by atoms with Gasteiger partial charge in [-0.05, 0) is 46.0 Å². The van der Waals surface area contributed by atoms with Gasteiger partial charge < -0.3 is 18.9 Å².